The van der Waals surface area contributed by atoms with E-state index in [1.807, 2.05) is 56.3 Å². The Morgan fingerprint density at radius 2 is 1.47 bits per heavy atom. The number of nitrogens with one attached hydrogen (secondary N) is 2. The van der Waals surface area contributed by atoms with Crippen molar-refractivity contribution in [2.45, 2.75) is 60.3 Å². The fourth-order valence-corrected chi connectivity index (χ4v) is 4.93. The molecule has 0 bridgehead atoms. The van der Waals surface area contributed by atoms with Crippen LogP contribution in [0.15, 0.2) is 42.5 Å². The van der Waals surface area contributed by atoms with Gasteiger partial charge in [-0.25, -0.2) is 18.7 Å². The number of benzene rings is 2. The molecule has 0 spiro atoms. The van der Waals surface area contributed by atoms with E-state index in [0.717, 1.165) is 34.8 Å². The Morgan fingerprint density at radius 1 is 0.857 bits per heavy atom. The number of likely N-dealkylation sites (N-methyl/N-ethyl adjacent to an activating group) is 1. The van der Waals surface area contributed by atoms with Crippen LogP contribution in [0.25, 0.3) is 0 Å². The van der Waals surface area contributed by atoms with E-state index in [4.69, 9.17) is 19.3 Å². The molecule has 0 radical (unpaired) electrons. The molecule has 272 valence electrons. The van der Waals surface area contributed by atoms with E-state index in [9.17, 15) is 23.7 Å². The number of aryl methyl sites for hydroxylation is 1. The second-order valence-electron chi connectivity index (χ2n) is 12.4. The number of amides is 3. The average molecular weight is 709 g/mol. The van der Waals surface area contributed by atoms with Crippen LogP contribution in [0.2, 0.25) is 0 Å². The zero-order chi connectivity index (χ0) is 36.7. The van der Waals surface area contributed by atoms with Gasteiger partial charge in [-0.15, -0.1) is 0 Å². The summed E-state index contributed by atoms with van der Waals surface area (Å²) in [5.74, 6) is -1.09. The number of anilines is 3. The summed E-state index contributed by atoms with van der Waals surface area (Å²) in [4.78, 5) is 70.1. The van der Waals surface area contributed by atoms with Crippen molar-refractivity contribution in [2.75, 3.05) is 55.8 Å². The fourth-order valence-electron chi connectivity index (χ4n) is 4.74. The van der Waals surface area contributed by atoms with Crippen LogP contribution in [-0.4, -0.2) is 79.0 Å². The molecule has 1 atom stereocenters. The van der Waals surface area contributed by atoms with E-state index < -0.39 is 52.0 Å². The largest absolute Gasteiger partial charge is 0.472 e. The van der Waals surface area contributed by atoms with Gasteiger partial charge in [0, 0.05) is 25.8 Å². The van der Waals surface area contributed by atoms with Crippen molar-refractivity contribution in [2.24, 2.45) is 11.8 Å². The quantitative estimate of drug-likeness (QED) is 0.0825. The monoisotopic (exact) mass is 708 g/mol. The molecule has 0 saturated carbocycles. The second kappa shape index (κ2) is 19.7. The molecule has 16 heteroatoms. The third-order valence-corrected chi connectivity index (χ3v) is 7.43. The molecule has 2 rings (SSSR count). The lowest BCUT2D eigenvalue weighted by molar-refractivity contribution is -0.167. The predicted octanol–water partition coefficient (Wildman–Crippen LogP) is 5.82. The Kier molecular flexibility index (Phi) is 16.5. The van der Waals surface area contributed by atoms with Gasteiger partial charge in [-0.3, -0.25) is 9.59 Å². The Labute approximate surface area is 287 Å². The van der Waals surface area contributed by atoms with E-state index in [-0.39, 0.29) is 12.3 Å². The Morgan fingerprint density at radius 3 is 2.04 bits per heavy atom. The maximum Gasteiger partial charge on any atom is 0.472 e. The molecule has 15 nitrogen and oxygen atoms in total. The Bertz CT molecular complexity index is 1440. The number of urea groups is 1. The van der Waals surface area contributed by atoms with Crippen LogP contribution in [0, 0.1) is 18.8 Å². The van der Waals surface area contributed by atoms with Crippen molar-refractivity contribution in [3.63, 3.8) is 0 Å². The third-order valence-electron chi connectivity index (χ3n) is 6.99. The van der Waals surface area contributed by atoms with Gasteiger partial charge in [0.1, 0.15) is 6.54 Å². The number of hydrogen-bond donors (Lipinski definition) is 4. The van der Waals surface area contributed by atoms with Crippen LogP contribution >= 0.6 is 7.82 Å². The highest BCUT2D eigenvalue weighted by molar-refractivity contribution is 7.46. The summed E-state index contributed by atoms with van der Waals surface area (Å²) in [6, 6.07) is 12.8. The maximum absolute atomic E-state index is 13.2. The van der Waals surface area contributed by atoms with Gasteiger partial charge >= 0.3 is 31.9 Å². The number of phosphoric ester groups is 1. The number of rotatable bonds is 18. The molecule has 1 unspecified atom stereocenters. The van der Waals surface area contributed by atoms with Crippen molar-refractivity contribution >= 4 is 48.9 Å². The molecule has 0 aliphatic heterocycles. The lowest BCUT2D eigenvalue weighted by Gasteiger charge is -2.31. The van der Waals surface area contributed by atoms with Gasteiger partial charge in [-0.1, -0.05) is 58.4 Å². The molecular weight excluding hydrogens is 659 g/mol. The molecular formula is C33H49N4O11P. The SMILES string of the molecule is CCC(CC(=O)OCOC(=O)CN(C)C(=O)OCOP(=O)(O)O)c1ccc(N(CC(C)C)CC(C)C)c(NC(=O)Nc2ccc(C)cc2)c1. The van der Waals surface area contributed by atoms with Gasteiger partial charge in [0.05, 0.1) is 17.8 Å². The van der Waals surface area contributed by atoms with Crippen molar-refractivity contribution in [1.29, 1.82) is 0 Å². The second-order valence-corrected chi connectivity index (χ2v) is 13.6. The maximum atomic E-state index is 13.2. The van der Waals surface area contributed by atoms with E-state index in [1.54, 1.807) is 0 Å². The van der Waals surface area contributed by atoms with Crippen LogP contribution in [0.5, 0.6) is 0 Å². The molecule has 0 aliphatic rings. The molecule has 4 N–H and O–H groups in total. The molecule has 49 heavy (non-hydrogen) atoms. The number of hydrogen-bond acceptors (Lipinski definition) is 10. The van der Waals surface area contributed by atoms with E-state index in [2.05, 4.69) is 52.5 Å². The van der Waals surface area contributed by atoms with Crippen molar-refractivity contribution in [1.82, 2.24) is 4.90 Å². The van der Waals surface area contributed by atoms with Crippen molar-refractivity contribution in [3.05, 3.63) is 53.6 Å². The fraction of sp³-hybridized carbons (Fsp3) is 0.515. The van der Waals surface area contributed by atoms with Crippen LogP contribution in [0.1, 0.15) is 64.5 Å². The topological polar surface area (TPSA) is 193 Å². The van der Waals surface area contributed by atoms with Gasteiger partial charge in [0.15, 0.2) is 0 Å². The number of esters is 2. The standard InChI is InChI=1S/C33H49N4O11P/c1-8-25(16-30(38)45-20-46-31(39)19-36(7)33(41)47-21-48-49(42,43)44)26-11-14-29(37(17-22(2)3)18-23(4)5)28(15-26)35-32(40)34-27-12-9-24(6)10-13-27/h9-15,22-23,25H,8,16-21H2,1-7H3,(H2,34,35,40)(H2,42,43,44). The van der Waals surface area contributed by atoms with Gasteiger partial charge < -0.3 is 44.4 Å². The van der Waals surface area contributed by atoms with E-state index in [1.165, 1.54) is 7.05 Å². The van der Waals surface area contributed by atoms with Gasteiger partial charge in [0.25, 0.3) is 0 Å². The predicted molar refractivity (Wildman–Crippen MR) is 184 cm³/mol. The zero-order valence-corrected chi connectivity index (χ0v) is 30.0. The molecule has 0 heterocycles. The van der Waals surface area contributed by atoms with Gasteiger partial charge in [-0.05, 0) is 60.9 Å². The minimum absolute atomic E-state index is 0.0318. The minimum atomic E-state index is -4.83. The van der Waals surface area contributed by atoms with Crippen molar-refractivity contribution in [3.8, 4) is 0 Å². The number of ether oxygens (including phenoxy) is 3. The van der Waals surface area contributed by atoms with Crippen LogP contribution in [0.3, 0.4) is 0 Å². The first-order chi connectivity index (χ1) is 23.0. The smallest absolute Gasteiger partial charge is 0.428 e. The number of carbonyl (C=O) groups is 4. The summed E-state index contributed by atoms with van der Waals surface area (Å²) >= 11 is 0. The highest BCUT2D eigenvalue weighted by atomic mass is 31.2. The van der Waals surface area contributed by atoms with Gasteiger partial charge in [-0.2, -0.15) is 0 Å². The summed E-state index contributed by atoms with van der Waals surface area (Å²) in [7, 11) is -3.65. The summed E-state index contributed by atoms with van der Waals surface area (Å²) in [6.45, 7) is 11.7. The van der Waals surface area contributed by atoms with Crippen molar-refractivity contribution < 1.29 is 52.3 Å². The number of nitrogens with zero attached hydrogens (tertiary/aromatic N) is 2. The van der Waals surface area contributed by atoms with Gasteiger partial charge in [0.2, 0.25) is 13.6 Å². The first-order valence-corrected chi connectivity index (χ1v) is 17.4. The highest BCUT2D eigenvalue weighted by Crippen LogP contribution is 2.36. The molecule has 3 amide bonds. The van der Waals surface area contributed by atoms with Crippen LogP contribution < -0.4 is 15.5 Å². The molecule has 0 fully saturated rings. The third kappa shape index (κ3) is 15.7. The minimum Gasteiger partial charge on any atom is -0.428 e. The highest BCUT2D eigenvalue weighted by Gasteiger charge is 2.22. The Balaban J connectivity index is 2.10. The first-order valence-electron chi connectivity index (χ1n) is 15.9. The summed E-state index contributed by atoms with van der Waals surface area (Å²) < 4.78 is 29.2. The van der Waals surface area contributed by atoms with E-state index in [0.29, 0.717) is 29.6 Å². The van der Waals surface area contributed by atoms with Crippen LogP contribution in [0.4, 0.5) is 26.7 Å². The average Bonchev–Trinajstić information content (AvgIpc) is 2.99. The lowest BCUT2D eigenvalue weighted by atomic mass is 9.92. The molecule has 2 aromatic carbocycles. The molecule has 0 saturated heterocycles. The lowest BCUT2D eigenvalue weighted by Crippen LogP contribution is -2.34. The summed E-state index contributed by atoms with van der Waals surface area (Å²) in [5.41, 5.74) is 3.99. The van der Waals surface area contributed by atoms with Crippen LogP contribution in [-0.2, 0) is 32.9 Å². The molecule has 0 aromatic heterocycles. The Hall–Kier alpha value is -4.17. The normalized spacial score (nSPS) is 11.9. The number of phosphoric acid groups is 1. The zero-order valence-electron chi connectivity index (χ0n) is 29.1. The first kappa shape index (κ1) is 41.0. The summed E-state index contributed by atoms with van der Waals surface area (Å²) in [6.07, 6.45) is -0.559. The molecule has 0 aliphatic carbocycles. The molecule has 2 aromatic rings. The number of carbonyl (C=O) groups excluding carboxylic acids is 4. The van der Waals surface area contributed by atoms with E-state index >= 15 is 0 Å². The summed E-state index contributed by atoms with van der Waals surface area (Å²) in [5, 5.41) is 5.90.